The molecule has 4 heteroatoms. The van der Waals surface area contributed by atoms with Crippen LogP contribution in [-0.4, -0.2) is 41.1 Å². The van der Waals surface area contributed by atoms with E-state index in [4.69, 9.17) is 10.8 Å². The highest BCUT2D eigenvalue weighted by molar-refractivity contribution is 5.81. The summed E-state index contributed by atoms with van der Waals surface area (Å²) in [6.07, 6.45) is 0.992. The Hall–Kier alpha value is -0.610. The number of likely N-dealkylation sites (tertiary alicyclic amines) is 1. The summed E-state index contributed by atoms with van der Waals surface area (Å²) < 4.78 is 0. The molecule has 1 aliphatic rings. The number of hydrogen-bond donors (Lipinski definition) is 2. The Bertz CT molecular complexity index is 172. The first-order chi connectivity index (χ1) is 5.65. The quantitative estimate of drug-likeness (QED) is 0.580. The van der Waals surface area contributed by atoms with Gasteiger partial charge in [0.25, 0.3) is 0 Å². The number of rotatable bonds is 2. The zero-order valence-corrected chi connectivity index (χ0v) is 7.36. The van der Waals surface area contributed by atoms with Crippen LogP contribution in [0.15, 0.2) is 0 Å². The molecule has 4 nitrogen and oxygen atoms in total. The second-order valence-electron chi connectivity index (χ2n) is 3.24. The number of nitrogens with zero attached hydrogens (tertiary/aromatic N) is 1. The molecule has 0 aromatic heterocycles. The van der Waals surface area contributed by atoms with Crippen molar-refractivity contribution in [3.8, 4) is 0 Å². The summed E-state index contributed by atoms with van der Waals surface area (Å²) in [6.45, 7) is 2.98. The molecule has 1 fully saturated rings. The number of nitrogens with two attached hydrogens (primary N) is 1. The SMILES string of the molecule is CC[C@@H](N)C(=O)N1CCC(O)C1. The van der Waals surface area contributed by atoms with Crippen molar-refractivity contribution in [1.82, 2.24) is 4.90 Å². The summed E-state index contributed by atoms with van der Waals surface area (Å²) in [5.41, 5.74) is 5.57. The van der Waals surface area contributed by atoms with Gasteiger partial charge in [-0.3, -0.25) is 4.79 Å². The molecule has 0 saturated carbocycles. The first-order valence-corrected chi connectivity index (χ1v) is 4.37. The van der Waals surface area contributed by atoms with E-state index in [9.17, 15) is 4.79 Å². The highest BCUT2D eigenvalue weighted by Gasteiger charge is 2.26. The minimum absolute atomic E-state index is 0.0333. The molecule has 1 unspecified atom stereocenters. The number of amides is 1. The molecule has 1 saturated heterocycles. The van der Waals surface area contributed by atoms with Gasteiger partial charge in [-0.1, -0.05) is 6.92 Å². The molecule has 2 atom stereocenters. The molecule has 0 spiro atoms. The Morgan fingerprint density at radius 1 is 1.83 bits per heavy atom. The molecular weight excluding hydrogens is 156 g/mol. The second-order valence-corrected chi connectivity index (χ2v) is 3.24. The molecule has 1 rings (SSSR count). The highest BCUT2D eigenvalue weighted by atomic mass is 16.3. The number of hydrogen-bond acceptors (Lipinski definition) is 3. The monoisotopic (exact) mass is 172 g/mol. The molecule has 12 heavy (non-hydrogen) atoms. The van der Waals surface area contributed by atoms with E-state index in [1.165, 1.54) is 0 Å². The fourth-order valence-electron chi connectivity index (χ4n) is 1.35. The zero-order chi connectivity index (χ0) is 9.14. The Morgan fingerprint density at radius 2 is 2.50 bits per heavy atom. The van der Waals surface area contributed by atoms with Crippen molar-refractivity contribution in [2.24, 2.45) is 5.73 Å². The van der Waals surface area contributed by atoms with Gasteiger partial charge >= 0.3 is 0 Å². The molecule has 0 bridgehead atoms. The van der Waals surface area contributed by atoms with Crippen LogP contribution in [0.1, 0.15) is 19.8 Å². The lowest BCUT2D eigenvalue weighted by Gasteiger charge is -2.18. The number of aliphatic hydroxyl groups is 1. The summed E-state index contributed by atoms with van der Waals surface area (Å²) >= 11 is 0. The number of β-amino-alcohol motifs (C(OH)–C–C–N with tert-alkyl or cyclic N) is 1. The van der Waals surface area contributed by atoms with Gasteiger partial charge in [0.1, 0.15) is 0 Å². The van der Waals surface area contributed by atoms with Crippen LogP contribution >= 0.6 is 0 Å². The van der Waals surface area contributed by atoms with Crippen LogP contribution in [0.2, 0.25) is 0 Å². The van der Waals surface area contributed by atoms with Gasteiger partial charge in [0.2, 0.25) is 5.91 Å². The molecule has 0 radical (unpaired) electrons. The van der Waals surface area contributed by atoms with E-state index in [0.29, 0.717) is 25.9 Å². The maximum absolute atomic E-state index is 11.4. The van der Waals surface area contributed by atoms with E-state index in [-0.39, 0.29) is 12.0 Å². The first-order valence-electron chi connectivity index (χ1n) is 4.37. The number of carbonyl (C=O) groups excluding carboxylic acids is 1. The van der Waals surface area contributed by atoms with Crippen molar-refractivity contribution >= 4 is 5.91 Å². The van der Waals surface area contributed by atoms with E-state index in [1.807, 2.05) is 6.92 Å². The van der Waals surface area contributed by atoms with E-state index in [1.54, 1.807) is 4.90 Å². The van der Waals surface area contributed by atoms with E-state index in [0.717, 1.165) is 0 Å². The lowest BCUT2D eigenvalue weighted by Crippen LogP contribution is -2.42. The third kappa shape index (κ3) is 1.95. The van der Waals surface area contributed by atoms with Crippen LogP contribution in [-0.2, 0) is 4.79 Å². The van der Waals surface area contributed by atoms with Crippen LogP contribution in [0.5, 0.6) is 0 Å². The molecule has 3 N–H and O–H groups in total. The van der Waals surface area contributed by atoms with Crippen molar-refractivity contribution in [3.63, 3.8) is 0 Å². The number of aliphatic hydroxyl groups excluding tert-OH is 1. The Balaban J connectivity index is 2.43. The smallest absolute Gasteiger partial charge is 0.239 e. The summed E-state index contributed by atoms with van der Waals surface area (Å²) in [7, 11) is 0. The zero-order valence-electron chi connectivity index (χ0n) is 7.36. The third-order valence-electron chi connectivity index (χ3n) is 2.23. The number of carbonyl (C=O) groups is 1. The molecule has 0 aromatic rings. The maximum Gasteiger partial charge on any atom is 0.239 e. The van der Waals surface area contributed by atoms with E-state index in [2.05, 4.69) is 0 Å². The second kappa shape index (κ2) is 3.87. The van der Waals surface area contributed by atoms with Gasteiger partial charge in [-0.2, -0.15) is 0 Å². The predicted molar refractivity (Wildman–Crippen MR) is 45.5 cm³/mol. The van der Waals surface area contributed by atoms with Gasteiger partial charge in [-0.25, -0.2) is 0 Å². The van der Waals surface area contributed by atoms with Crippen molar-refractivity contribution in [2.45, 2.75) is 31.9 Å². The molecule has 1 amide bonds. The summed E-state index contributed by atoms with van der Waals surface area (Å²) in [6, 6.07) is -0.393. The Kier molecular flexibility index (Phi) is 3.05. The minimum atomic E-state index is -0.393. The van der Waals surface area contributed by atoms with Crippen molar-refractivity contribution in [2.75, 3.05) is 13.1 Å². The van der Waals surface area contributed by atoms with Gasteiger partial charge in [0.05, 0.1) is 12.1 Å². The Labute approximate surface area is 72.3 Å². The maximum atomic E-state index is 11.4. The summed E-state index contributed by atoms with van der Waals surface area (Å²) in [5, 5.41) is 9.17. The predicted octanol–water partition coefficient (Wildman–Crippen LogP) is -0.683. The molecular formula is C8H16N2O2. The van der Waals surface area contributed by atoms with Gasteiger partial charge in [-0.05, 0) is 12.8 Å². The normalized spacial score (nSPS) is 25.9. The first kappa shape index (κ1) is 9.48. The average Bonchev–Trinajstić information content (AvgIpc) is 2.49. The molecule has 0 aliphatic carbocycles. The molecule has 0 aromatic carbocycles. The van der Waals surface area contributed by atoms with Crippen LogP contribution in [0.3, 0.4) is 0 Å². The third-order valence-corrected chi connectivity index (χ3v) is 2.23. The summed E-state index contributed by atoms with van der Waals surface area (Å²) in [4.78, 5) is 13.0. The van der Waals surface area contributed by atoms with E-state index >= 15 is 0 Å². The molecule has 1 aliphatic heterocycles. The fourth-order valence-corrected chi connectivity index (χ4v) is 1.35. The highest BCUT2D eigenvalue weighted by Crippen LogP contribution is 2.10. The Morgan fingerprint density at radius 3 is 2.92 bits per heavy atom. The lowest BCUT2D eigenvalue weighted by atomic mass is 10.2. The molecule has 1 heterocycles. The standard InChI is InChI=1S/C8H16N2O2/c1-2-7(9)8(12)10-4-3-6(11)5-10/h6-7,11H,2-5,9H2,1H3/t6?,7-/m1/s1. The summed E-state index contributed by atoms with van der Waals surface area (Å²) in [5.74, 6) is -0.0333. The average molecular weight is 172 g/mol. The lowest BCUT2D eigenvalue weighted by molar-refractivity contribution is -0.131. The van der Waals surface area contributed by atoms with Crippen LogP contribution < -0.4 is 5.73 Å². The van der Waals surface area contributed by atoms with Gasteiger partial charge < -0.3 is 15.7 Å². The topological polar surface area (TPSA) is 66.6 Å². The van der Waals surface area contributed by atoms with E-state index < -0.39 is 6.04 Å². The van der Waals surface area contributed by atoms with Crippen molar-refractivity contribution < 1.29 is 9.90 Å². The van der Waals surface area contributed by atoms with Crippen LogP contribution in [0, 0.1) is 0 Å². The van der Waals surface area contributed by atoms with Gasteiger partial charge in [0.15, 0.2) is 0 Å². The van der Waals surface area contributed by atoms with Crippen molar-refractivity contribution in [3.05, 3.63) is 0 Å². The van der Waals surface area contributed by atoms with Crippen molar-refractivity contribution in [1.29, 1.82) is 0 Å². The van der Waals surface area contributed by atoms with Crippen LogP contribution in [0.25, 0.3) is 0 Å². The molecule has 70 valence electrons. The van der Waals surface area contributed by atoms with Crippen LogP contribution in [0.4, 0.5) is 0 Å². The fraction of sp³-hybridized carbons (Fsp3) is 0.875. The van der Waals surface area contributed by atoms with Gasteiger partial charge in [0, 0.05) is 13.1 Å². The largest absolute Gasteiger partial charge is 0.391 e. The minimum Gasteiger partial charge on any atom is -0.391 e. The van der Waals surface area contributed by atoms with Gasteiger partial charge in [-0.15, -0.1) is 0 Å².